The average Bonchev–Trinajstić information content (AvgIpc) is 2.87. The Morgan fingerprint density at radius 3 is 2.46 bits per heavy atom. The van der Waals surface area contributed by atoms with Crippen molar-refractivity contribution in [1.29, 1.82) is 0 Å². The first kappa shape index (κ1) is 23.5. The van der Waals surface area contributed by atoms with Gasteiger partial charge in [-0.1, -0.05) is 54.1 Å². The van der Waals surface area contributed by atoms with Gasteiger partial charge in [-0.05, 0) is 24.3 Å². The highest BCUT2D eigenvalue weighted by Crippen LogP contribution is 2.28. The summed E-state index contributed by atoms with van der Waals surface area (Å²) in [5.74, 6) is -1.46. The molecule has 1 heterocycles. The Bertz CT molecular complexity index is 1440. The minimum Gasteiger partial charge on any atom is -0.444 e. The number of nitrogens with one attached hydrogen (secondary N) is 1. The zero-order chi connectivity index (χ0) is 24.8. The lowest BCUT2D eigenvalue weighted by Gasteiger charge is -2.17. The SMILES string of the molecule is O=C(/C=C/c1cnc2ccccc2n1)OC(C(=O)Nc1ccc([N+](=O)[O-])cc1Cl)c1ccccc1. The van der Waals surface area contributed by atoms with Gasteiger partial charge in [0.25, 0.3) is 11.6 Å². The van der Waals surface area contributed by atoms with Crippen LogP contribution in [-0.2, 0) is 14.3 Å². The third-order valence-electron chi connectivity index (χ3n) is 4.85. The average molecular weight is 489 g/mol. The maximum atomic E-state index is 13.0. The van der Waals surface area contributed by atoms with Crippen LogP contribution in [0.2, 0.25) is 5.02 Å². The summed E-state index contributed by atoms with van der Waals surface area (Å²) >= 11 is 6.08. The number of rotatable bonds is 7. The van der Waals surface area contributed by atoms with E-state index in [2.05, 4.69) is 15.3 Å². The van der Waals surface area contributed by atoms with E-state index in [1.165, 1.54) is 24.4 Å². The summed E-state index contributed by atoms with van der Waals surface area (Å²) < 4.78 is 5.44. The van der Waals surface area contributed by atoms with Gasteiger partial charge in [0.15, 0.2) is 0 Å². The van der Waals surface area contributed by atoms with Crippen LogP contribution in [0.5, 0.6) is 0 Å². The lowest BCUT2D eigenvalue weighted by atomic mass is 10.1. The van der Waals surface area contributed by atoms with Crippen LogP contribution in [0.15, 0.2) is 85.1 Å². The highest BCUT2D eigenvalue weighted by Gasteiger charge is 2.25. The van der Waals surface area contributed by atoms with Gasteiger partial charge in [0.1, 0.15) is 0 Å². The van der Waals surface area contributed by atoms with Crippen LogP contribution in [0, 0.1) is 10.1 Å². The fraction of sp³-hybridized carbons (Fsp3) is 0.0400. The van der Waals surface area contributed by atoms with Crippen molar-refractivity contribution in [1.82, 2.24) is 9.97 Å². The van der Waals surface area contributed by atoms with Gasteiger partial charge in [0.05, 0.1) is 38.6 Å². The number of esters is 1. The minimum absolute atomic E-state index is 0.0273. The predicted molar refractivity (Wildman–Crippen MR) is 131 cm³/mol. The van der Waals surface area contributed by atoms with E-state index in [1.807, 2.05) is 18.2 Å². The summed E-state index contributed by atoms with van der Waals surface area (Å²) in [4.78, 5) is 44.6. The molecule has 0 saturated heterocycles. The van der Waals surface area contributed by atoms with Crippen LogP contribution < -0.4 is 5.32 Å². The molecule has 0 radical (unpaired) electrons. The molecule has 1 aromatic heterocycles. The van der Waals surface area contributed by atoms with E-state index in [9.17, 15) is 19.7 Å². The molecular formula is C25H17ClN4O5. The van der Waals surface area contributed by atoms with Gasteiger partial charge in [0.2, 0.25) is 6.10 Å². The van der Waals surface area contributed by atoms with Gasteiger partial charge in [-0.15, -0.1) is 0 Å². The van der Waals surface area contributed by atoms with E-state index >= 15 is 0 Å². The number of hydrogen-bond donors (Lipinski definition) is 1. The zero-order valence-electron chi connectivity index (χ0n) is 18.0. The summed E-state index contributed by atoms with van der Waals surface area (Å²) in [6.07, 6.45) is 2.81. The van der Waals surface area contributed by atoms with E-state index in [0.29, 0.717) is 16.8 Å². The third kappa shape index (κ3) is 5.84. The Labute approximate surface area is 204 Å². The lowest BCUT2D eigenvalue weighted by Crippen LogP contribution is -2.25. The molecule has 3 aromatic carbocycles. The van der Waals surface area contributed by atoms with Crippen LogP contribution in [0.1, 0.15) is 17.4 Å². The summed E-state index contributed by atoms with van der Waals surface area (Å²) in [5.41, 5.74) is 2.18. The first-order valence-corrected chi connectivity index (χ1v) is 10.7. The molecule has 174 valence electrons. The molecule has 1 N–H and O–H groups in total. The summed E-state index contributed by atoms with van der Waals surface area (Å²) in [7, 11) is 0. The minimum atomic E-state index is -1.30. The van der Waals surface area contributed by atoms with Gasteiger partial charge in [-0.25, -0.2) is 9.78 Å². The van der Waals surface area contributed by atoms with Crippen molar-refractivity contribution < 1.29 is 19.2 Å². The maximum absolute atomic E-state index is 13.0. The summed E-state index contributed by atoms with van der Waals surface area (Å²) in [6.45, 7) is 0. The first-order chi connectivity index (χ1) is 16.9. The predicted octanol–water partition coefficient (Wildman–Crippen LogP) is 5.13. The number of hydrogen-bond acceptors (Lipinski definition) is 7. The molecule has 0 aliphatic carbocycles. The van der Waals surface area contributed by atoms with E-state index in [4.69, 9.17) is 16.3 Å². The quantitative estimate of drug-likeness (QED) is 0.165. The molecule has 1 unspecified atom stereocenters. The Hall–Kier alpha value is -4.63. The van der Waals surface area contributed by atoms with Crippen LogP contribution in [0.4, 0.5) is 11.4 Å². The highest BCUT2D eigenvalue weighted by atomic mass is 35.5. The summed E-state index contributed by atoms with van der Waals surface area (Å²) in [5, 5.41) is 13.4. The molecule has 0 saturated carbocycles. The number of nitro groups is 1. The highest BCUT2D eigenvalue weighted by molar-refractivity contribution is 6.34. The fourth-order valence-electron chi connectivity index (χ4n) is 3.18. The number of nitro benzene ring substituents is 1. The number of nitrogens with zero attached hydrogens (tertiary/aromatic N) is 3. The maximum Gasteiger partial charge on any atom is 0.331 e. The smallest absolute Gasteiger partial charge is 0.331 e. The Morgan fingerprint density at radius 2 is 1.74 bits per heavy atom. The molecule has 10 heteroatoms. The van der Waals surface area contributed by atoms with E-state index in [-0.39, 0.29) is 16.4 Å². The number of ether oxygens (including phenoxy) is 1. The van der Waals surface area contributed by atoms with Crippen LogP contribution in [-0.4, -0.2) is 26.8 Å². The molecule has 0 bridgehead atoms. The summed E-state index contributed by atoms with van der Waals surface area (Å²) in [6, 6.07) is 19.4. The monoisotopic (exact) mass is 488 g/mol. The van der Waals surface area contributed by atoms with Gasteiger partial charge in [0, 0.05) is 23.8 Å². The normalized spacial score (nSPS) is 11.8. The first-order valence-electron chi connectivity index (χ1n) is 10.3. The van der Waals surface area contributed by atoms with Crippen molar-refractivity contribution in [3.8, 4) is 0 Å². The molecule has 9 nitrogen and oxygen atoms in total. The van der Waals surface area contributed by atoms with Crippen molar-refractivity contribution in [2.24, 2.45) is 0 Å². The number of non-ortho nitro benzene ring substituents is 1. The van der Waals surface area contributed by atoms with Crippen molar-refractivity contribution in [2.45, 2.75) is 6.10 Å². The second-order valence-electron chi connectivity index (χ2n) is 7.26. The van der Waals surface area contributed by atoms with Gasteiger partial charge in [-0.2, -0.15) is 0 Å². The van der Waals surface area contributed by atoms with Crippen molar-refractivity contribution in [2.75, 3.05) is 5.32 Å². The lowest BCUT2D eigenvalue weighted by molar-refractivity contribution is -0.384. The van der Waals surface area contributed by atoms with Crippen LogP contribution in [0.25, 0.3) is 17.1 Å². The van der Waals surface area contributed by atoms with E-state index in [1.54, 1.807) is 36.4 Å². The number of para-hydroxylation sites is 2. The van der Waals surface area contributed by atoms with Gasteiger partial charge >= 0.3 is 5.97 Å². The Morgan fingerprint density at radius 1 is 1.03 bits per heavy atom. The molecular weight excluding hydrogens is 472 g/mol. The standard InChI is InChI=1S/C25H17ClN4O5/c26-19-14-18(30(33)34)11-12-20(19)29-25(32)24(16-6-2-1-3-7-16)35-23(31)13-10-17-15-27-21-8-4-5-9-22(21)28-17/h1-15,24H,(H,29,32)/b13-10+. The van der Waals surface area contributed by atoms with E-state index < -0.39 is 22.9 Å². The molecule has 35 heavy (non-hydrogen) atoms. The second-order valence-corrected chi connectivity index (χ2v) is 7.66. The van der Waals surface area contributed by atoms with Gasteiger partial charge in [-0.3, -0.25) is 19.9 Å². The molecule has 4 aromatic rings. The number of fused-ring (bicyclic) bond motifs is 1. The van der Waals surface area contributed by atoms with Crippen LogP contribution in [0.3, 0.4) is 0 Å². The molecule has 0 fully saturated rings. The van der Waals surface area contributed by atoms with Crippen molar-refractivity contribution in [3.05, 3.63) is 111 Å². The Kier molecular flexibility index (Phi) is 7.08. The van der Waals surface area contributed by atoms with Crippen molar-refractivity contribution in [3.63, 3.8) is 0 Å². The molecule has 1 atom stereocenters. The topological polar surface area (TPSA) is 124 Å². The largest absolute Gasteiger partial charge is 0.444 e. The number of halogens is 1. The molecule has 0 aliphatic heterocycles. The number of benzene rings is 3. The number of amides is 1. The fourth-order valence-corrected chi connectivity index (χ4v) is 3.40. The molecule has 0 spiro atoms. The molecule has 4 rings (SSSR count). The second kappa shape index (κ2) is 10.5. The van der Waals surface area contributed by atoms with Gasteiger partial charge < -0.3 is 10.1 Å². The molecule has 1 amide bonds. The number of carbonyl (C=O) groups excluding carboxylic acids is 2. The third-order valence-corrected chi connectivity index (χ3v) is 5.17. The number of carbonyl (C=O) groups is 2. The zero-order valence-corrected chi connectivity index (χ0v) is 18.8. The molecule has 0 aliphatic rings. The Balaban J connectivity index is 1.52. The van der Waals surface area contributed by atoms with E-state index in [0.717, 1.165) is 17.7 Å². The van der Waals surface area contributed by atoms with Crippen molar-refractivity contribution >= 4 is 52.0 Å². The van der Waals surface area contributed by atoms with Crippen LogP contribution >= 0.6 is 11.6 Å². The number of aromatic nitrogens is 2. The number of anilines is 1.